The van der Waals surface area contributed by atoms with Gasteiger partial charge in [-0.25, -0.2) is 12.8 Å². The van der Waals surface area contributed by atoms with Crippen molar-refractivity contribution in [2.24, 2.45) is 0 Å². The predicted molar refractivity (Wildman–Crippen MR) is 83.0 cm³/mol. The van der Waals surface area contributed by atoms with Crippen LogP contribution in [-0.2, 0) is 9.84 Å². The SMILES string of the molecule is CC(Nc1ccc(S(C)(=O)=O)cc1)c1ccc(F)cc1Cl. The van der Waals surface area contributed by atoms with E-state index in [1.165, 1.54) is 24.3 Å². The van der Waals surface area contributed by atoms with Crippen LogP contribution >= 0.6 is 11.6 Å². The van der Waals surface area contributed by atoms with E-state index >= 15 is 0 Å². The van der Waals surface area contributed by atoms with E-state index in [0.717, 1.165) is 17.5 Å². The summed E-state index contributed by atoms with van der Waals surface area (Å²) in [6, 6.07) is 10.6. The van der Waals surface area contributed by atoms with Gasteiger partial charge in [-0.2, -0.15) is 0 Å². The molecule has 3 nitrogen and oxygen atoms in total. The molecule has 6 heteroatoms. The lowest BCUT2D eigenvalue weighted by Gasteiger charge is -2.17. The Morgan fingerprint density at radius 3 is 2.29 bits per heavy atom. The van der Waals surface area contributed by atoms with Gasteiger partial charge >= 0.3 is 0 Å². The molecule has 0 bridgehead atoms. The molecule has 21 heavy (non-hydrogen) atoms. The van der Waals surface area contributed by atoms with E-state index in [2.05, 4.69) is 5.32 Å². The van der Waals surface area contributed by atoms with Crippen LogP contribution in [-0.4, -0.2) is 14.7 Å². The molecule has 112 valence electrons. The molecule has 2 aromatic rings. The van der Waals surface area contributed by atoms with Crippen molar-refractivity contribution in [3.8, 4) is 0 Å². The summed E-state index contributed by atoms with van der Waals surface area (Å²) in [4.78, 5) is 0.264. The molecule has 0 saturated heterocycles. The van der Waals surface area contributed by atoms with E-state index in [-0.39, 0.29) is 16.8 Å². The Kier molecular flexibility index (Phi) is 4.54. The average Bonchev–Trinajstić information content (AvgIpc) is 2.38. The maximum atomic E-state index is 13.0. The Balaban J connectivity index is 2.18. The van der Waals surface area contributed by atoms with Crippen LogP contribution in [0.2, 0.25) is 5.02 Å². The number of hydrogen-bond donors (Lipinski definition) is 1. The quantitative estimate of drug-likeness (QED) is 0.921. The molecule has 2 aromatic carbocycles. The first kappa shape index (κ1) is 15.8. The molecule has 0 aromatic heterocycles. The molecule has 0 saturated carbocycles. The van der Waals surface area contributed by atoms with Gasteiger partial charge in [0.15, 0.2) is 9.84 Å². The van der Waals surface area contributed by atoms with Gasteiger partial charge in [0.2, 0.25) is 0 Å². The zero-order valence-electron chi connectivity index (χ0n) is 11.6. The third kappa shape index (κ3) is 3.95. The van der Waals surface area contributed by atoms with Crippen molar-refractivity contribution in [3.05, 3.63) is 58.9 Å². The van der Waals surface area contributed by atoms with Gasteiger partial charge in [-0.1, -0.05) is 17.7 Å². The van der Waals surface area contributed by atoms with Gasteiger partial charge < -0.3 is 5.32 Å². The first-order valence-electron chi connectivity index (χ1n) is 6.29. The van der Waals surface area contributed by atoms with Gasteiger partial charge in [0.05, 0.1) is 4.90 Å². The fraction of sp³-hybridized carbons (Fsp3) is 0.200. The van der Waals surface area contributed by atoms with E-state index in [9.17, 15) is 12.8 Å². The molecular formula is C15H15ClFNO2S. The largest absolute Gasteiger partial charge is 0.378 e. The molecule has 0 amide bonds. The molecule has 0 aliphatic rings. The number of sulfone groups is 1. The van der Waals surface area contributed by atoms with Crippen molar-refractivity contribution >= 4 is 27.1 Å². The molecule has 0 aliphatic carbocycles. The number of benzene rings is 2. The number of nitrogens with one attached hydrogen (secondary N) is 1. The lowest BCUT2D eigenvalue weighted by molar-refractivity contribution is 0.602. The highest BCUT2D eigenvalue weighted by molar-refractivity contribution is 7.90. The summed E-state index contributed by atoms with van der Waals surface area (Å²) in [6.07, 6.45) is 1.16. The van der Waals surface area contributed by atoms with Crippen LogP contribution in [0.3, 0.4) is 0 Å². The van der Waals surface area contributed by atoms with Gasteiger partial charge in [0.25, 0.3) is 0 Å². The zero-order valence-corrected chi connectivity index (χ0v) is 13.2. The summed E-state index contributed by atoms with van der Waals surface area (Å²) >= 11 is 6.02. The third-order valence-electron chi connectivity index (χ3n) is 3.09. The molecule has 2 rings (SSSR count). The molecule has 0 heterocycles. The maximum absolute atomic E-state index is 13.0. The third-order valence-corrected chi connectivity index (χ3v) is 4.55. The predicted octanol–water partition coefficient (Wildman–Crippen LogP) is 4.06. The fourth-order valence-electron chi connectivity index (χ4n) is 1.98. The molecule has 1 atom stereocenters. The standard InChI is InChI=1S/C15H15ClFNO2S/c1-10(14-8-3-11(17)9-15(14)16)18-12-4-6-13(7-5-12)21(2,19)20/h3-10,18H,1-2H3. The summed E-state index contributed by atoms with van der Waals surface area (Å²) in [5, 5.41) is 3.55. The monoisotopic (exact) mass is 327 g/mol. The average molecular weight is 328 g/mol. The van der Waals surface area contributed by atoms with Crippen LogP contribution in [0.25, 0.3) is 0 Å². The normalized spacial score (nSPS) is 13.0. The molecule has 1 N–H and O–H groups in total. The molecule has 0 aliphatic heterocycles. The molecular weight excluding hydrogens is 313 g/mol. The Hall–Kier alpha value is -1.59. The topological polar surface area (TPSA) is 46.2 Å². The van der Waals surface area contributed by atoms with Crippen molar-refractivity contribution in [1.29, 1.82) is 0 Å². The van der Waals surface area contributed by atoms with Crippen molar-refractivity contribution in [2.75, 3.05) is 11.6 Å². The van der Waals surface area contributed by atoms with Gasteiger partial charge in [-0.05, 0) is 48.9 Å². The van der Waals surface area contributed by atoms with Crippen LogP contribution in [0.5, 0.6) is 0 Å². The number of rotatable bonds is 4. The van der Waals surface area contributed by atoms with Crippen LogP contribution in [0, 0.1) is 5.82 Å². The summed E-state index contributed by atoms with van der Waals surface area (Å²) in [7, 11) is -3.20. The minimum atomic E-state index is -3.20. The van der Waals surface area contributed by atoms with Crippen LogP contribution in [0.15, 0.2) is 47.4 Å². The van der Waals surface area contributed by atoms with Crippen molar-refractivity contribution < 1.29 is 12.8 Å². The minimum Gasteiger partial charge on any atom is -0.378 e. The maximum Gasteiger partial charge on any atom is 0.175 e. The van der Waals surface area contributed by atoms with E-state index in [1.54, 1.807) is 18.2 Å². The summed E-state index contributed by atoms with van der Waals surface area (Å²) in [6.45, 7) is 1.89. The number of hydrogen-bond acceptors (Lipinski definition) is 3. The zero-order chi connectivity index (χ0) is 15.6. The number of halogens is 2. The van der Waals surface area contributed by atoms with Gasteiger partial charge in [-0.15, -0.1) is 0 Å². The van der Waals surface area contributed by atoms with Crippen molar-refractivity contribution in [3.63, 3.8) is 0 Å². The van der Waals surface area contributed by atoms with Gasteiger partial charge in [0, 0.05) is 23.0 Å². The van der Waals surface area contributed by atoms with Crippen molar-refractivity contribution in [2.45, 2.75) is 17.9 Å². The smallest absolute Gasteiger partial charge is 0.175 e. The summed E-state index contributed by atoms with van der Waals surface area (Å²) in [5.74, 6) is -0.381. The second-order valence-corrected chi connectivity index (χ2v) is 7.25. The van der Waals surface area contributed by atoms with Gasteiger partial charge in [0.1, 0.15) is 5.82 Å². The lowest BCUT2D eigenvalue weighted by Crippen LogP contribution is -2.07. The highest BCUT2D eigenvalue weighted by Crippen LogP contribution is 2.27. The van der Waals surface area contributed by atoms with Gasteiger partial charge in [-0.3, -0.25) is 0 Å². The Labute approximate surface area is 128 Å². The fourth-order valence-corrected chi connectivity index (χ4v) is 2.94. The van der Waals surface area contributed by atoms with Crippen LogP contribution in [0.4, 0.5) is 10.1 Å². The molecule has 1 unspecified atom stereocenters. The highest BCUT2D eigenvalue weighted by atomic mass is 35.5. The first-order valence-corrected chi connectivity index (χ1v) is 8.56. The van der Waals surface area contributed by atoms with Crippen LogP contribution < -0.4 is 5.32 Å². The summed E-state index contributed by atoms with van der Waals surface area (Å²) < 4.78 is 35.8. The highest BCUT2D eigenvalue weighted by Gasteiger charge is 2.11. The van der Waals surface area contributed by atoms with Crippen LogP contribution in [0.1, 0.15) is 18.5 Å². The minimum absolute atomic E-state index is 0.137. The van der Waals surface area contributed by atoms with E-state index in [4.69, 9.17) is 11.6 Å². The Morgan fingerprint density at radius 2 is 1.76 bits per heavy atom. The Bertz CT molecular complexity index is 745. The summed E-state index contributed by atoms with van der Waals surface area (Å²) in [5.41, 5.74) is 1.53. The Morgan fingerprint density at radius 1 is 1.14 bits per heavy atom. The first-order chi connectivity index (χ1) is 9.77. The van der Waals surface area contributed by atoms with Crippen molar-refractivity contribution in [1.82, 2.24) is 0 Å². The molecule has 0 spiro atoms. The van der Waals surface area contributed by atoms with E-state index in [0.29, 0.717) is 5.02 Å². The second-order valence-electron chi connectivity index (χ2n) is 4.83. The molecule has 0 radical (unpaired) electrons. The lowest BCUT2D eigenvalue weighted by atomic mass is 10.1. The van der Waals surface area contributed by atoms with E-state index in [1.807, 2.05) is 6.92 Å². The van der Waals surface area contributed by atoms with E-state index < -0.39 is 9.84 Å². The number of anilines is 1. The molecule has 0 fully saturated rings. The second kappa shape index (κ2) is 6.03.